The average molecular weight is 384 g/mol. The summed E-state index contributed by atoms with van der Waals surface area (Å²) >= 11 is 0. The first-order valence-corrected chi connectivity index (χ1v) is 8.51. The summed E-state index contributed by atoms with van der Waals surface area (Å²) in [6.45, 7) is 0.216. The Morgan fingerprint density at radius 1 is 1.12 bits per heavy atom. The number of hydrogen-bond acceptors (Lipinski definition) is 5. The lowest BCUT2D eigenvalue weighted by Crippen LogP contribution is -2.32. The van der Waals surface area contributed by atoms with E-state index in [1.54, 1.807) is 24.3 Å². The Balaban J connectivity index is 0.00000338. The topological polar surface area (TPSA) is 111 Å². The first kappa shape index (κ1) is 21.9. The number of hydrogen-bond donors (Lipinski definition) is 3. The molecule has 0 unspecified atom stereocenters. The summed E-state index contributed by atoms with van der Waals surface area (Å²) in [4.78, 5) is 35.2. The Labute approximate surface area is 159 Å². The van der Waals surface area contributed by atoms with E-state index in [4.69, 9.17) is 5.73 Å². The van der Waals surface area contributed by atoms with Crippen molar-refractivity contribution in [3.05, 3.63) is 29.8 Å². The van der Waals surface area contributed by atoms with Crippen LogP contribution in [0.3, 0.4) is 0 Å². The molecular formula is C18H26ClN3O4. The van der Waals surface area contributed by atoms with Crippen molar-refractivity contribution in [3.8, 4) is 0 Å². The summed E-state index contributed by atoms with van der Waals surface area (Å²) < 4.78 is 4.51. The summed E-state index contributed by atoms with van der Waals surface area (Å²) in [5, 5.41) is 5.53. The van der Waals surface area contributed by atoms with Gasteiger partial charge < -0.3 is 21.1 Å². The van der Waals surface area contributed by atoms with Gasteiger partial charge >= 0.3 is 5.97 Å². The van der Waals surface area contributed by atoms with Crippen molar-refractivity contribution in [2.24, 2.45) is 11.7 Å². The SMILES string of the molecule is COC(=O)CCNC(=O)c1ccc(NC(=O)C2CCC(N)CC2)cc1.Cl. The molecule has 7 nitrogen and oxygen atoms in total. The van der Waals surface area contributed by atoms with E-state index < -0.39 is 0 Å². The zero-order valence-corrected chi connectivity index (χ0v) is 15.6. The highest BCUT2D eigenvalue weighted by atomic mass is 35.5. The Morgan fingerprint density at radius 3 is 2.31 bits per heavy atom. The minimum Gasteiger partial charge on any atom is -0.469 e. The average Bonchev–Trinajstić information content (AvgIpc) is 2.62. The number of carbonyl (C=O) groups is 3. The predicted molar refractivity (Wildman–Crippen MR) is 101 cm³/mol. The lowest BCUT2D eigenvalue weighted by molar-refractivity contribution is -0.140. The lowest BCUT2D eigenvalue weighted by atomic mass is 9.86. The molecule has 0 aromatic heterocycles. The fraction of sp³-hybridized carbons (Fsp3) is 0.500. The zero-order valence-electron chi connectivity index (χ0n) is 14.8. The highest BCUT2D eigenvalue weighted by Gasteiger charge is 2.24. The molecule has 0 heterocycles. The van der Waals surface area contributed by atoms with Gasteiger partial charge in [0.25, 0.3) is 5.91 Å². The van der Waals surface area contributed by atoms with Gasteiger partial charge in [0, 0.05) is 29.8 Å². The molecule has 0 aliphatic heterocycles. The number of benzene rings is 1. The normalized spacial score (nSPS) is 19.0. The Morgan fingerprint density at radius 2 is 1.73 bits per heavy atom. The molecule has 1 aliphatic carbocycles. The predicted octanol–water partition coefficient (Wildman–Crippen LogP) is 1.86. The number of rotatable bonds is 6. The molecule has 2 amide bonds. The second-order valence-corrected chi connectivity index (χ2v) is 6.26. The van der Waals surface area contributed by atoms with E-state index >= 15 is 0 Å². The molecule has 1 saturated carbocycles. The highest BCUT2D eigenvalue weighted by molar-refractivity contribution is 5.96. The van der Waals surface area contributed by atoms with Crippen LogP contribution in [0.1, 0.15) is 42.5 Å². The molecule has 4 N–H and O–H groups in total. The number of esters is 1. The number of halogens is 1. The fourth-order valence-electron chi connectivity index (χ4n) is 2.81. The molecule has 26 heavy (non-hydrogen) atoms. The monoisotopic (exact) mass is 383 g/mol. The third-order valence-electron chi connectivity index (χ3n) is 4.40. The molecule has 1 aromatic rings. The molecule has 144 valence electrons. The largest absolute Gasteiger partial charge is 0.469 e. The van der Waals surface area contributed by atoms with E-state index in [1.807, 2.05) is 0 Å². The van der Waals surface area contributed by atoms with Gasteiger partial charge in [0.1, 0.15) is 0 Å². The molecule has 0 saturated heterocycles. The van der Waals surface area contributed by atoms with Crippen LogP contribution in [0.2, 0.25) is 0 Å². The molecule has 8 heteroatoms. The maximum Gasteiger partial charge on any atom is 0.307 e. The van der Waals surface area contributed by atoms with E-state index in [1.165, 1.54) is 7.11 Å². The molecular weight excluding hydrogens is 358 g/mol. The van der Waals surface area contributed by atoms with Gasteiger partial charge in [-0.05, 0) is 49.9 Å². The van der Waals surface area contributed by atoms with E-state index in [0.717, 1.165) is 25.7 Å². The third kappa shape index (κ3) is 6.65. The highest BCUT2D eigenvalue weighted by Crippen LogP contribution is 2.24. The smallest absolute Gasteiger partial charge is 0.307 e. The minimum atomic E-state index is -0.373. The van der Waals surface area contributed by atoms with Crippen molar-refractivity contribution in [1.82, 2.24) is 5.32 Å². The van der Waals surface area contributed by atoms with Crippen LogP contribution in [0.25, 0.3) is 0 Å². The number of ether oxygens (including phenoxy) is 1. The molecule has 1 aromatic carbocycles. The number of methoxy groups -OCH3 is 1. The standard InChI is InChI=1S/C18H25N3O4.ClH/c1-25-16(22)10-11-20-17(23)12-4-8-15(9-5-12)21-18(24)13-2-6-14(19)7-3-13;/h4-5,8-9,13-14H,2-3,6-7,10-11,19H2,1H3,(H,20,23)(H,21,24);1H. The molecule has 0 spiro atoms. The Hall–Kier alpha value is -2.12. The van der Waals surface area contributed by atoms with Gasteiger partial charge in [-0.15, -0.1) is 12.4 Å². The third-order valence-corrected chi connectivity index (χ3v) is 4.40. The van der Waals surface area contributed by atoms with Gasteiger partial charge in [0.2, 0.25) is 5.91 Å². The number of amides is 2. The van der Waals surface area contributed by atoms with Gasteiger partial charge in [-0.1, -0.05) is 0 Å². The first-order chi connectivity index (χ1) is 12.0. The second-order valence-electron chi connectivity index (χ2n) is 6.26. The van der Waals surface area contributed by atoms with Gasteiger partial charge in [0.15, 0.2) is 0 Å². The van der Waals surface area contributed by atoms with Crippen LogP contribution in [0.5, 0.6) is 0 Å². The quantitative estimate of drug-likeness (QED) is 0.649. The van der Waals surface area contributed by atoms with Crippen molar-refractivity contribution >= 4 is 35.9 Å². The Kier molecular flexibility index (Phi) is 9.09. The van der Waals surface area contributed by atoms with Gasteiger partial charge in [-0.25, -0.2) is 0 Å². The number of nitrogens with two attached hydrogens (primary N) is 1. The van der Waals surface area contributed by atoms with Crippen LogP contribution in [-0.2, 0) is 14.3 Å². The van der Waals surface area contributed by atoms with Gasteiger partial charge in [-0.3, -0.25) is 14.4 Å². The zero-order chi connectivity index (χ0) is 18.2. The number of carbonyl (C=O) groups excluding carboxylic acids is 3. The van der Waals surface area contributed by atoms with Gasteiger partial charge in [-0.2, -0.15) is 0 Å². The maximum absolute atomic E-state index is 12.3. The minimum absolute atomic E-state index is 0. The fourth-order valence-corrected chi connectivity index (χ4v) is 2.81. The van der Waals surface area contributed by atoms with Crippen LogP contribution in [-0.4, -0.2) is 37.5 Å². The van der Waals surface area contributed by atoms with Crippen LogP contribution in [0.15, 0.2) is 24.3 Å². The second kappa shape index (κ2) is 10.8. The first-order valence-electron chi connectivity index (χ1n) is 8.51. The van der Waals surface area contributed by atoms with E-state index in [-0.39, 0.29) is 55.1 Å². The van der Waals surface area contributed by atoms with E-state index in [2.05, 4.69) is 15.4 Å². The van der Waals surface area contributed by atoms with Crippen molar-refractivity contribution in [1.29, 1.82) is 0 Å². The Bertz CT molecular complexity index is 613. The number of nitrogens with one attached hydrogen (secondary N) is 2. The van der Waals surface area contributed by atoms with Crippen molar-refractivity contribution < 1.29 is 19.1 Å². The van der Waals surface area contributed by atoms with E-state index in [0.29, 0.717) is 11.3 Å². The summed E-state index contributed by atoms with van der Waals surface area (Å²) in [6.07, 6.45) is 3.51. The van der Waals surface area contributed by atoms with Crippen LogP contribution < -0.4 is 16.4 Å². The maximum atomic E-state index is 12.3. The molecule has 0 bridgehead atoms. The van der Waals surface area contributed by atoms with Crippen LogP contribution in [0.4, 0.5) is 5.69 Å². The molecule has 1 fully saturated rings. The molecule has 2 rings (SSSR count). The van der Waals surface area contributed by atoms with Crippen LogP contribution >= 0.6 is 12.4 Å². The summed E-state index contributed by atoms with van der Waals surface area (Å²) in [5.41, 5.74) is 6.98. The van der Waals surface area contributed by atoms with E-state index in [9.17, 15) is 14.4 Å². The number of anilines is 1. The molecule has 0 radical (unpaired) electrons. The van der Waals surface area contributed by atoms with Crippen molar-refractivity contribution in [2.45, 2.75) is 38.1 Å². The van der Waals surface area contributed by atoms with Crippen molar-refractivity contribution in [3.63, 3.8) is 0 Å². The van der Waals surface area contributed by atoms with Gasteiger partial charge in [0.05, 0.1) is 13.5 Å². The van der Waals surface area contributed by atoms with Crippen molar-refractivity contribution in [2.75, 3.05) is 19.0 Å². The summed E-state index contributed by atoms with van der Waals surface area (Å²) in [5.74, 6) is -0.645. The molecule has 0 atom stereocenters. The van der Waals surface area contributed by atoms with Crippen LogP contribution in [0, 0.1) is 5.92 Å². The molecule has 1 aliphatic rings. The summed E-state index contributed by atoms with van der Waals surface area (Å²) in [6, 6.07) is 6.88. The summed E-state index contributed by atoms with van der Waals surface area (Å²) in [7, 11) is 1.30. The lowest BCUT2D eigenvalue weighted by Gasteiger charge is -2.25.